The van der Waals surface area contributed by atoms with Crippen LogP contribution in [-0.4, -0.2) is 75.9 Å². The van der Waals surface area contributed by atoms with Gasteiger partial charge < -0.3 is 19.7 Å². The van der Waals surface area contributed by atoms with E-state index in [0.717, 1.165) is 51.1 Å². The molecule has 0 spiro atoms. The maximum atomic E-state index is 5.73. The summed E-state index contributed by atoms with van der Waals surface area (Å²) in [5.74, 6) is 2.37. The standard InChI is InChI=1S/C24H40N4O2/c1-20-7-6-11-27(16-20)18-23-9-5-4-8-22(23)15-26-24(25-2)28-12-10-21(17-28)19-30-14-13-29-3/h4-5,8-9,20-21H,6-7,10-19H2,1-3H3,(H,25,26). The molecule has 2 unspecified atom stereocenters. The van der Waals surface area contributed by atoms with Crippen molar-refractivity contribution in [2.24, 2.45) is 16.8 Å². The SMILES string of the molecule is CN=C(NCc1ccccc1CN1CCCC(C)C1)N1CCC(COCCOC)C1. The number of methoxy groups -OCH3 is 1. The van der Waals surface area contributed by atoms with Crippen LogP contribution in [0.5, 0.6) is 0 Å². The van der Waals surface area contributed by atoms with Gasteiger partial charge in [-0.15, -0.1) is 0 Å². The van der Waals surface area contributed by atoms with Crippen LogP contribution in [0.15, 0.2) is 29.3 Å². The first-order valence-electron chi connectivity index (χ1n) is 11.5. The first kappa shape index (κ1) is 23.0. The molecular formula is C24H40N4O2. The number of likely N-dealkylation sites (tertiary alicyclic amines) is 2. The fourth-order valence-corrected chi connectivity index (χ4v) is 4.62. The van der Waals surface area contributed by atoms with Crippen molar-refractivity contribution < 1.29 is 9.47 Å². The summed E-state index contributed by atoms with van der Waals surface area (Å²) in [5.41, 5.74) is 2.80. The zero-order chi connectivity index (χ0) is 21.2. The Morgan fingerprint density at radius 1 is 1.13 bits per heavy atom. The van der Waals surface area contributed by atoms with E-state index in [2.05, 4.69) is 51.3 Å². The second-order valence-electron chi connectivity index (χ2n) is 8.82. The normalized spacial score (nSPS) is 23.2. The number of hydrogen-bond donors (Lipinski definition) is 1. The summed E-state index contributed by atoms with van der Waals surface area (Å²) < 4.78 is 10.8. The lowest BCUT2D eigenvalue weighted by Crippen LogP contribution is -2.40. The highest BCUT2D eigenvalue weighted by Crippen LogP contribution is 2.20. The number of rotatable bonds is 9. The number of guanidine groups is 1. The molecule has 2 heterocycles. The van der Waals surface area contributed by atoms with Crippen molar-refractivity contribution in [3.8, 4) is 0 Å². The van der Waals surface area contributed by atoms with Gasteiger partial charge in [0.1, 0.15) is 0 Å². The van der Waals surface area contributed by atoms with Gasteiger partial charge in [0.05, 0.1) is 19.8 Å². The van der Waals surface area contributed by atoms with Gasteiger partial charge in [0.15, 0.2) is 5.96 Å². The molecule has 0 aromatic heterocycles. The van der Waals surface area contributed by atoms with E-state index in [1.807, 2.05) is 7.05 Å². The van der Waals surface area contributed by atoms with E-state index in [1.165, 1.54) is 37.1 Å². The molecule has 0 saturated carbocycles. The quantitative estimate of drug-likeness (QED) is 0.381. The van der Waals surface area contributed by atoms with Crippen LogP contribution in [0.1, 0.15) is 37.3 Å². The lowest BCUT2D eigenvalue weighted by Gasteiger charge is -2.31. The largest absolute Gasteiger partial charge is 0.382 e. The van der Waals surface area contributed by atoms with Gasteiger partial charge in [0, 0.05) is 52.8 Å². The summed E-state index contributed by atoms with van der Waals surface area (Å²) in [6.45, 7) is 10.8. The average molecular weight is 417 g/mol. The van der Waals surface area contributed by atoms with Crippen LogP contribution in [0.2, 0.25) is 0 Å². The second-order valence-corrected chi connectivity index (χ2v) is 8.82. The second kappa shape index (κ2) is 12.3. The number of ether oxygens (including phenoxy) is 2. The van der Waals surface area contributed by atoms with Crippen molar-refractivity contribution in [1.82, 2.24) is 15.1 Å². The van der Waals surface area contributed by atoms with Gasteiger partial charge >= 0.3 is 0 Å². The molecule has 6 nitrogen and oxygen atoms in total. The molecule has 1 N–H and O–H groups in total. The first-order chi connectivity index (χ1) is 14.7. The van der Waals surface area contributed by atoms with Gasteiger partial charge in [0.2, 0.25) is 0 Å². The molecule has 2 aliphatic heterocycles. The molecule has 6 heteroatoms. The molecular weight excluding hydrogens is 376 g/mol. The van der Waals surface area contributed by atoms with Gasteiger partial charge in [-0.05, 0) is 42.9 Å². The van der Waals surface area contributed by atoms with Gasteiger partial charge in [-0.2, -0.15) is 0 Å². The monoisotopic (exact) mass is 416 g/mol. The highest BCUT2D eigenvalue weighted by atomic mass is 16.5. The molecule has 2 saturated heterocycles. The minimum atomic E-state index is 0.564. The lowest BCUT2D eigenvalue weighted by atomic mass is 9.99. The third kappa shape index (κ3) is 6.96. The van der Waals surface area contributed by atoms with E-state index in [9.17, 15) is 0 Å². The smallest absolute Gasteiger partial charge is 0.193 e. The van der Waals surface area contributed by atoms with Gasteiger partial charge in [0.25, 0.3) is 0 Å². The number of benzene rings is 1. The van der Waals surface area contributed by atoms with Crippen LogP contribution in [0.25, 0.3) is 0 Å². The van der Waals surface area contributed by atoms with Crippen LogP contribution in [-0.2, 0) is 22.6 Å². The third-order valence-electron chi connectivity index (χ3n) is 6.27. The number of nitrogens with one attached hydrogen (secondary N) is 1. The number of hydrogen-bond acceptors (Lipinski definition) is 4. The summed E-state index contributed by atoms with van der Waals surface area (Å²) in [5, 5.41) is 3.61. The Morgan fingerprint density at radius 3 is 2.73 bits per heavy atom. The minimum absolute atomic E-state index is 0.564. The summed E-state index contributed by atoms with van der Waals surface area (Å²) in [6.07, 6.45) is 3.83. The average Bonchev–Trinajstić information content (AvgIpc) is 3.22. The fourth-order valence-electron chi connectivity index (χ4n) is 4.62. The van der Waals surface area contributed by atoms with E-state index in [1.54, 1.807) is 7.11 Å². The molecule has 1 aromatic carbocycles. The Bertz CT molecular complexity index is 666. The Labute approximate surface area is 182 Å². The molecule has 0 bridgehead atoms. The van der Waals surface area contributed by atoms with E-state index in [-0.39, 0.29) is 0 Å². The zero-order valence-corrected chi connectivity index (χ0v) is 19.1. The summed E-state index contributed by atoms with van der Waals surface area (Å²) in [6, 6.07) is 8.84. The number of piperidine rings is 1. The maximum absolute atomic E-state index is 5.73. The van der Waals surface area contributed by atoms with Crippen molar-refractivity contribution >= 4 is 5.96 Å². The number of nitrogens with zero attached hydrogens (tertiary/aromatic N) is 3. The minimum Gasteiger partial charge on any atom is -0.382 e. The lowest BCUT2D eigenvalue weighted by molar-refractivity contribution is 0.0536. The molecule has 0 aliphatic carbocycles. The molecule has 2 fully saturated rings. The summed E-state index contributed by atoms with van der Waals surface area (Å²) in [7, 11) is 3.59. The molecule has 0 amide bonds. The highest BCUT2D eigenvalue weighted by Gasteiger charge is 2.25. The predicted molar refractivity (Wildman–Crippen MR) is 123 cm³/mol. The Kier molecular flexibility index (Phi) is 9.43. The van der Waals surface area contributed by atoms with Crippen LogP contribution in [0.3, 0.4) is 0 Å². The van der Waals surface area contributed by atoms with Crippen LogP contribution >= 0.6 is 0 Å². The van der Waals surface area contributed by atoms with Crippen LogP contribution < -0.4 is 5.32 Å². The molecule has 2 atom stereocenters. The topological polar surface area (TPSA) is 49.3 Å². The Morgan fingerprint density at radius 2 is 1.97 bits per heavy atom. The van der Waals surface area contributed by atoms with E-state index >= 15 is 0 Å². The molecule has 2 aliphatic rings. The van der Waals surface area contributed by atoms with Crippen molar-refractivity contribution in [1.29, 1.82) is 0 Å². The molecule has 168 valence electrons. The van der Waals surface area contributed by atoms with E-state index in [4.69, 9.17) is 9.47 Å². The third-order valence-corrected chi connectivity index (χ3v) is 6.27. The van der Waals surface area contributed by atoms with Crippen molar-refractivity contribution in [2.45, 2.75) is 39.3 Å². The van der Waals surface area contributed by atoms with Crippen molar-refractivity contribution in [3.63, 3.8) is 0 Å². The van der Waals surface area contributed by atoms with Crippen LogP contribution in [0.4, 0.5) is 0 Å². The maximum Gasteiger partial charge on any atom is 0.193 e. The first-order valence-corrected chi connectivity index (χ1v) is 11.5. The Balaban J connectivity index is 1.49. The van der Waals surface area contributed by atoms with Gasteiger partial charge in [-0.25, -0.2) is 0 Å². The summed E-state index contributed by atoms with van der Waals surface area (Å²) >= 11 is 0. The predicted octanol–water partition coefficient (Wildman–Crippen LogP) is 2.98. The Hall–Kier alpha value is -1.63. The fraction of sp³-hybridized carbons (Fsp3) is 0.708. The van der Waals surface area contributed by atoms with Crippen molar-refractivity contribution in [2.75, 3.05) is 60.2 Å². The highest BCUT2D eigenvalue weighted by molar-refractivity contribution is 5.80. The zero-order valence-electron chi connectivity index (χ0n) is 19.1. The van der Waals surface area contributed by atoms with E-state index < -0.39 is 0 Å². The summed E-state index contributed by atoms with van der Waals surface area (Å²) in [4.78, 5) is 9.51. The molecule has 0 radical (unpaired) electrons. The molecule has 1 aromatic rings. The van der Waals surface area contributed by atoms with Gasteiger partial charge in [-0.1, -0.05) is 31.2 Å². The van der Waals surface area contributed by atoms with Crippen molar-refractivity contribution in [3.05, 3.63) is 35.4 Å². The molecule has 3 rings (SSSR count). The number of aliphatic imine (C=N–C) groups is 1. The van der Waals surface area contributed by atoms with E-state index in [0.29, 0.717) is 19.1 Å². The molecule has 30 heavy (non-hydrogen) atoms. The van der Waals surface area contributed by atoms with Gasteiger partial charge in [-0.3, -0.25) is 9.89 Å². The van der Waals surface area contributed by atoms with Crippen LogP contribution in [0, 0.1) is 11.8 Å².